The van der Waals surface area contributed by atoms with E-state index in [0.29, 0.717) is 29.0 Å². The molecular formula is C25H34N2O2. The molecule has 156 valence electrons. The lowest BCUT2D eigenvalue weighted by molar-refractivity contribution is 0.0835. The van der Waals surface area contributed by atoms with Crippen LogP contribution in [-0.2, 0) is 0 Å². The van der Waals surface area contributed by atoms with Crippen LogP contribution in [0.5, 0.6) is 5.75 Å². The van der Waals surface area contributed by atoms with Crippen molar-refractivity contribution in [2.75, 3.05) is 13.2 Å². The van der Waals surface area contributed by atoms with Gasteiger partial charge in [0.05, 0.1) is 0 Å². The Bertz CT molecular complexity index is 824. The maximum Gasteiger partial charge on any atom is 0.248 e. The molecule has 3 N–H and O–H groups in total. The van der Waals surface area contributed by atoms with Crippen molar-refractivity contribution in [1.82, 2.24) is 5.32 Å². The summed E-state index contributed by atoms with van der Waals surface area (Å²) in [6.07, 6.45) is 3.71. The van der Waals surface area contributed by atoms with Crippen LogP contribution in [0.2, 0.25) is 0 Å². The van der Waals surface area contributed by atoms with Gasteiger partial charge in [-0.05, 0) is 65.5 Å². The lowest BCUT2D eigenvalue weighted by Crippen LogP contribution is -2.44. The van der Waals surface area contributed by atoms with Gasteiger partial charge >= 0.3 is 0 Å². The summed E-state index contributed by atoms with van der Waals surface area (Å²) in [5, 5.41) is 3.70. The molecule has 0 unspecified atom stereocenters. The van der Waals surface area contributed by atoms with Crippen molar-refractivity contribution in [2.45, 2.75) is 53.0 Å². The van der Waals surface area contributed by atoms with Crippen molar-refractivity contribution in [3.05, 3.63) is 54.1 Å². The van der Waals surface area contributed by atoms with Gasteiger partial charge in [0.15, 0.2) is 0 Å². The molecule has 0 heterocycles. The van der Waals surface area contributed by atoms with Gasteiger partial charge in [-0.15, -0.1) is 0 Å². The number of hydrogen-bond donors (Lipinski definition) is 2. The summed E-state index contributed by atoms with van der Waals surface area (Å²) in [7, 11) is 0. The maximum atomic E-state index is 11.2. The third kappa shape index (κ3) is 6.07. The third-order valence-electron chi connectivity index (χ3n) is 5.70. The molecule has 29 heavy (non-hydrogen) atoms. The van der Waals surface area contributed by atoms with Crippen LogP contribution < -0.4 is 15.8 Å². The summed E-state index contributed by atoms with van der Waals surface area (Å²) in [6.45, 7) is 11.0. The monoisotopic (exact) mass is 394 g/mol. The second-order valence-electron chi connectivity index (χ2n) is 9.88. The Labute approximate surface area is 174 Å². The Kier molecular flexibility index (Phi) is 6.33. The summed E-state index contributed by atoms with van der Waals surface area (Å²) >= 11 is 0. The van der Waals surface area contributed by atoms with Gasteiger partial charge in [-0.2, -0.15) is 0 Å². The van der Waals surface area contributed by atoms with Crippen molar-refractivity contribution < 1.29 is 9.53 Å². The van der Waals surface area contributed by atoms with Crippen LogP contribution >= 0.6 is 0 Å². The largest absolute Gasteiger partial charge is 0.492 e. The number of carbonyl (C=O) groups excluding carboxylic acids is 1. The molecule has 0 saturated heterocycles. The number of amides is 1. The molecule has 4 nitrogen and oxygen atoms in total. The number of nitrogens with one attached hydrogen (secondary N) is 1. The average molecular weight is 395 g/mol. The summed E-state index contributed by atoms with van der Waals surface area (Å²) in [5.41, 5.74) is 8.69. The zero-order valence-corrected chi connectivity index (χ0v) is 18.1. The summed E-state index contributed by atoms with van der Waals surface area (Å²) in [5.74, 6) is 0.443. The van der Waals surface area contributed by atoms with E-state index < -0.39 is 5.91 Å². The Morgan fingerprint density at radius 3 is 2.31 bits per heavy atom. The summed E-state index contributed by atoms with van der Waals surface area (Å²) in [4.78, 5) is 11.2. The van der Waals surface area contributed by atoms with E-state index in [9.17, 15) is 4.79 Å². The molecule has 4 heteroatoms. The predicted molar refractivity (Wildman–Crippen MR) is 119 cm³/mol. The first-order valence-electron chi connectivity index (χ1n) is 10.5. The molecule has 0 bridgehead atoms. The molecule has 1 amide bonds. The molecule has 2 aromatic carbocycles. The van der Waals surface area contributed by atoms with Crippen molar-refractivity contribution in [2.24, 2.45) is 16.6 Å². The minimum Gasteiger partial charge on any atom is -0.492 e. The van der Waals surface area contributed by atoms with Crippen molar-refractivity contribution >= 4 is 5.91 Å². The van der Waals surface area contributed by atoms with E-state index in [1.807, 2.05) is 36.4 Å². The minimum atomic E-state index is -0.411. The minimum absolute atomic E-state index is 0.388. The fourth-order valence-corrected chi connectivity index (χ4v) is 5.01. The molecule has 0 aromatic heterocycles. The number of benzene rings is 2. The third-order valence-corrected chi connectivity index (χ3v) is 5.70. The number of nitrogens with two attached hydrogens (primary N) is 1. The molecule has 2 aromatic rings. The van der Waals surface area contributed by atoms with Gasteiger partial charge in [-0.1, -0.05) is 52.0 Å². The van der Waals surface area contributed by atoms with Gasteiger partial charge in [-0.3, -0.25) is 4.79 Å². The standard InChI is InChI=1S/C25H34N2O2/c1-24(2)15-21(16-25(3,4)17-24)27-12-13-29-22-7-5-6-20(14-22)18-8-10-19(11-9-18)23(26)28/h5-11,14,21,27H,12-13,15-17H2,1-4H3,(H2,26,28). The highest BCUT2D eigenvalue weighted by atomic mass is 16.5. The van der Waals surface area contributed by atoms with E-state index in [2.05, 4.69) is 33.0 Å². The van der Waals surface area contributed by atoms with Crippen LogP contribution in [0.15, 0.2) is 48.5 Å². The SMILES string of the molecule is CC1(C)CC(NCCOc2cccc(-c3ccc(C(N)=O)cc3)c2)CC(C)(C)C1. The van der Waals surface area contributed by atoms with Crippen molar-refractivity contribution in [3.63, 3.8) is 0 Å². The molecule has 3 rings (SSSR count). The van der Waals surface area contributed by atoms with E-state index in [1.54, 1.807) is 12.1 Å². The van der Waals surface area contributed by atoms with E-state index in [-0.39, 0.29) is 0 Å². The Balaban J connectivity index is 1.53. The lowest BCUT2D eigenvalue weighted by Gasteiger charge is -2.45. The highest BCUT2D eigenvalue weighted by molar-refractivity contribution is 5.93. The van der Waals surface area contributed by atoms with Gasteiger partial charge in [0.25, 0.3) is 0 Å². The number of hydrogen-bond acceptors (Lipinski definition) is 3. The Morgan fingerprint density at radius 1 is 1.03 bits per heavy atom. The van der Waals surface area contributed by atoms with Crippen molar-refractivity contribution in [1.29, 1.82) is 0 Å². The van der Waals surface area contributed by atoms with Gasteiger partial charge in [0, 0.05) is 18.2 Å². The molecule has 1 aliphatic rings. The maximum absolute atomic E-state index is 11.2. The summed E-state index contributed by atoms with van der Waals surface area (Å²) in [6, 6.07) is 15.9. The zero-order chi connectivity index (χ0) is 21.1. The zero-order valence-electron chi connectivity index (χ0n) is 18.1. The van der Waals surface area contributed by atoms with Gasteiger partial charge in [0.2, 0.25) is 5.91 Å². The Morgan fingerprint density at radius 2 is 1.69 bits per heavy atom. The van der Waals surface area contributed by atoms with E-state index >= 15 is 0 Å². The molecule has 0 radical (unpaired) electrons. The van der Waals surface area contributed by atoms with Gasteiger partial charge < -0.3 is 15.8 Å². The molecule has 1 fully saturated rings. The molecule has 0 aliphatic heterocycles. The number of rotatable bonds is 7. The quantitative estimate of drug-likeness (QED) is 0.648. The molecule has 0 atom stereocenters. The highest BCUT2D eigenvalue weighted by Crippen LogP contribution is 2.45. The fraction of sp³-hybridized carbons (Fsp3) is 0.480. The van der Waals surface area contributed by atoms with Gasteiger partial charge in [-0.25, -0.2) is 0 Å². The molecule has 0 spiro atoms. The summed E-state index contributed by atoms with van der Waals surface area (Å²) < 4.78 is 5.99. The predicted octanol–water partition coefficient (Wildman–Crippen LogP) is 5.03. The molecule has 1 saturated carbocycles. The van der Waals surface area contributed by atoms with E-state index in [4.69, 9.17) is 10.5 Å². The molecule has 1 aliphatic carbocycles. The first-order chi connectivity index (χ1) is 13.6. The highest BCUT2D eigenvalue weighted by Gasteiger charge is 2.38. The normalized spacial score (nSPS) is 18.3. The van der Waals surface area contributed by atoms with Crippen LogP contribution in [0, 0.1) is 10.8 Å². The van der Waals surface area contributed by atoms with Crippen LogP contribution in [0.1, 0.15) is 57.3 Å². The van der Waals surface area contributed by atoms with Crippen LogP contribution in [-0.4, -0.2) is 25.1 Å². The first kappa shape index (κ1) is 21.4. The Hall–Kier alpha value is -2.33. The number of carbonyl (C=O) groups is 1. The average Bonchev–Trinajstić information content (AvgIpc) is 2.63. The molecular weight excluding hydrogens is 360 g/mol. The van der Waals surface area contributed by atoms with E-state index in [0.717, 1.165) is 23.4 Å². The first-order valence-corrected chi connectivity index (χ1v) is 10.5. The smallest absolute Gasteiger partial charge is 0.248 e. The lowest BCUT2D eigenvalue weighted by atomic mass is 9.63. The second-order valence-corrected chi connectivity index (χ2v) is 9.88. The van der Waals surface area contributed by atoms with Crippen LogP contribution in [0.25, 0.3) is 11.1 Å². The van der Waals surface area contributed by atoms with Crippen LogP contribution in [0.4, 0.5) is 0 Å². The van der Waals surface area contributed by atoms with E-state index in [1.165, 1.54) is 19.3 Å². The van der Waals surface area contributed by atoms with Crippen molar-refractivity contribution in [3.8, 4) is 16.9 Å². The topological polar surface area (TPSA) is 64.3 Å². The van der Waals surface area contributed by atoms with Gasteiger partial charge in [0.1, 0.15) is 12.4 Å². The second kappa shape index (κ2) is 8.58. The van der Waals surface area contributed by atoms with Crippen LogP contribution in [0.3, 0.4) is 0 Å². The number of primary amides is 1. The number of ether oxygens (including phenoxy) is 1. The fourth-order valence-electron chi connectivity index (χ4n) is 5.01.